The number of thiocarbonyl (C=S) groups is 1. The molecular weight excluding hydrogens is 292 g/mol. The molecule has 1 rings (SSSR count). The van der Waals surface area contributed by atoms with Crippen molar-refractivity contribution in [3.63, 3.8) is 0 Å². The van der Waals surface area contributed by atoms with Crippen LogP contribution >= 0.6 is 12.2 Å². The zero-order chi connectivity index (χ0) is 15.2. The van der Waals surface area contributed by atoms with Gasteiger partial charge < -0.3 is 10.6 Å². The van der Waals surface area contributed by atoms with Gasteiger partial charge in [-0.2, -0.15) is 0 Å². The third-order valence-corrected chi connectivity index (χ3v) is 5.04. The maximum absolute atomic E-state index is 12.3. The second kappa shape index (κ2) is 7.71. The summed E-state index contributed by atoms with van der Waals surface area (Å²) < 4.78 is 24.5. The van der Waals surface area contributed by atoms with Gasteiger partial charge in [-0.05, 0) is 32.1 Å². The summed E-state index contributed by atoms with van der Waals surface area (Å²) >= 11 is 4.87. The van der Waals surface area contributed by atoms with Crippen LogP contribution in [0.15, 0.2) is 29.2 Å². The van der Waals surface area contributed by atoms with Gasteiger partial charge in [0.25, 0.3) is 0 Å². The van der Waals surface area contributed by atoms with Crippen molar-refractivity contribution in [3.8, 4) is 0 Å². The molecule has 1 aromatic rings. The first-order chi connectivity index (χ1) is 9.36. The molecule has 0 aliphatic carbocycles. The lowest BCUT2D eigenvalue weighted by atomic mass is 10.2. The third-order valence-electron chi connectivity index (χ3n) is 3.11. The van der Waals surface area contributed by atoms with E-state index in [-0.39, 0.29) is 15.6 Å². The minimum absolute atomic E-state index is 0.105. The fourth-order valence-electron chi connectivity index (χ4n) is 1.78. The van der Waals surface area contributed by atoms with Crippen molar-refractivity contribution in [1.82, 2.24) is 4.90 Å². The van der Waals surface area contributed by atoms with E-state index in [0.717, 1.165) is 19.4 Å². The highest BCUT2D eigenvalue weighted by atomic mass is 32.2. The Morgan fingerprint density at radius 3 is 2.65 bits per heavy atom. The van der Waals surface area contributed by atoms with E-state index < -0.39 is 9.84 Å². The number of hydrogen-bond donors (Lipinski definition) is 1. The molecule has 4 nitrogen and oxygen atoms in total. The van der Waals surface area contributed by atoms with Crippen LogP contribution in [0.1, 0.15) is 25.3 Å². The predicted molar refractivity (Wildman–Crippen MR) is 86.8 cm³/mol. The van der Waals surface area contributed by atoms with Gasteiger partial charge in [0, 0.05) is 12.1 Å². The number of unbranched alkanes of at least 4 members (excludes halogenated alkanes) is 1. The van der Waals surface area contributed by atoms with Crippen LogP contribution in [0.5, 0.6) is 0 Å². The summed E-state index contributed by atoms with van der Waals surface area (Å²) in [4.78, 5) is 2.53. The largest absolute Gasteiger partial charge is 0.389 e. The van der Waals surface area contributed by atoms with Gasteiger partial charge in [0.05, 0.1) is 10.6 Å². The van der Waals surface area contributed by atoms with E-state index in [9.17, 15) is 8.42 Å². The summed E-state index contributed by atoms with van der Waals surface area (Å²) in [5.74, 6) is 0.105. The molecule has 0 aliphatic rings. The first-order valence-electron chi connectivity index (χ1n) is 6.68. The van der Waals surface area contributed by atoms with Gasteiger partial charge in [-0.25, -0.2) is 8.42 Å². The highest BCUT2D eigenvalue weighted by molar-refractivity contribution is 7.91. The Morgan fingerprint density at radius 2 is 2.05 bits per heavy atom. The number of sulfone groups is 1. The Kier molecular flexibility index (Phi) is 6.58. The molecule has 0 heterocycles. The molecular formula is C14H22N2O2S2. The van der Waals surface area contributed by atoms with Gasteiger partial charge in [0.15, 0.2) is 9.84 Å². The Hall–Kier alpha value is -0.980. The van der Waals surface area contributed by atoms with Gasteiger partial charge in [-0.3, -0.25) is 0 Å². The molecule has 1 aromatic carbocycles. The predicted octanol–water partition coefficient (Wildman–Crippen LogP) is 1.83. The van der Waals surface area contributed by atoms with E-state index in [1.165, 1.54) is 0 Å². The number of rotatable bonds is 8. The first-order valence-corrected chi connectivity index (χ1v) is 8.74. The van der Waals surface area contributed by atoms with E-state index in [4.69, 9.17) is 18.0 Å². The van der Waals surface area contributed by atoms with Crippen LogP contribution in [-0.4, -0.2) is 44.2 Å². The third kappa shape index (κ3) is 5.19. The standard InChI is InChI=1S/C14H22N2O2S2/c1-3-4-8-16(2)9-10-20(17,18)13-7-5-6-12(11-13)14(15)19/h5-7,11H,3-4,8-10H2,1-2H3,(H2,15,19). The molecule has 0 fully saturated rings. The zero-order valence-corrected chi connectivity index (χ0v) is 13.6. The summed E-state index contributed by atoms with van der Waals surface area (Å²) in [5.41, 5.74) is 6.12. The molecule has 0 bridgehead atoms. The lowest BCUT2D eigenvalue weighted by molar-refractivity contribution is 0.346. The summed E-state index contributed by atoms with van der Waals surface area (Å²) in [6, 6.07) is 6.52. The van der Waals surface area contributed by atoms with Crippen molar-refractivity contribution in [1.29, 1.82) is 0 Å². The van der Waals surface area contributed by atoms with Crippen molar-refractivity contribution in [3.05, 3.63) is 29.8 Å². The molecule has 0 aliphatic heterocycles. The fraction of sp³-hybridized carbons (Fsp3) is 0.500. The van der Waals surface area contributed by atoms with Crippen LogP contribution in [0.4, 0.5) is 0 Å². The summed E-state index contributed by atoms with van der Waals surface area (Å²) in [6.07, 6.45) is 2.18. The Morgan fingerprint density at radius 1 is 1.35 bits per heavy atom. The zero-order valence-electron chi connectivity index (χ0n) is 12.0. The molecule has 20 heavy (non-hydrogen) atoms. The Labute approximate surface area is 126 Å². The van der Waals surface area contributed by atoms with E-state index in [1.54, 1.807) is 24.3 Å². The number of nitrogens with two attached hydrogens (primary N) is 1. The quantitative estimate of drug-likeness (QED) is 0.742. The van der Waals surface area contributed by atoms with Crippen molar-refractivity contribution >= 4 is 27.0 Å². The highest BCUT2D eigenvalue weighted by Crippen LogP contribution is 2.13. The van der Waals surface area contributed by atoms with Crippen molar-refractivity contribution in [2.24, 2.45) is 5.73 Å². The van der Waals surface area contributed by atoms with Crippen molar-refractivity contribution in [2.45, 2.75) is 24.7 Å². The van der Waals surface area contributed by atoms with Gasteiger partial charge in [-0.15, -0.1) is 0 Å². The van der Waals surface area contributed by atoms with E-state index >= 15 is 0 Å². The van der Waals surface area contributed by atoms with Crippen LogP contribution < -0.4 is 5.73 Å². The molecule has 0 saturated carbocycles. The highest BCUT2D eigenvalue weighted by Gasteiger charge is 2.16. The van der Waals surface area contributed by atoms with Crippen LogP contribution in [0, 0.1) is 0 Å². The molecule has 112 valence electrons. The molecule has 2 N–H and O–H groups in total. The minimum atomic E-state index is -3.29. The molecule has 0 saturated heterocycles. The SMILES string of the molecule is CCCCN(C)CCS(=O)(=O)c1cccc(C(N)=S)c1. The number of benzene rings is 1. The molecule has 0 amide bonds. The molecule has 6 heteroatoms. The molecule has 0 atom stereocenters. The number of hydrogen-bond acceptors (Lipinski definition) is 4. The lowest BCUT2D eigenvalue weighted by Crippen LogP contribution is -2.26. The van der Waals surface area contributed by atoms with E-state index in [2.05, 4.69) is 6.92 Å². The van der Waals surface area contributed by atoms with Crippen LogP contribution in [0.3, 0.4) is 0 Å². The minimum Gasteiger partial charge on any atom is -0.389 e. The Balaban J connectivity index is 2.74. The maximum atomic E-state index is 12.3. The van der Waals surface area contributed by atoms with Crippen LogP contribution in [0.25, 0.3) is 0 Å². The average Bonchev–Trinajstić information content (AvgIpc) is 2.43. The topological polar surface area (TPSA) is 63.4 Å². The number of nitrogens with zero attached hydrogens (tertiary/aromatic N) is 1. The average molecular weight is 314 g/mol. The normalized spacial score (nSPS) is 11.8. The van der Waals surface area contributed by atoms with Crippen molar-refractivity contribution < 1.29 is 8.42 Å². The van der Waals surface area contributed by atoms with Gasteiger partial charge in [-0.1, -0.05) is 37.7 Å². The molecule has 0 radical (unpaired) electrons. The van der Waals surface area contributed by atoms with Crippen molar-refractivity contribution in [2.75, 3.05) is 25.9 Å². The molecule has 0 aromatic heterocycles. The summed E-state index contributed by atoms with van der Waals surface area (Å²) in [6.45, 7) is 3.56. The Bertz CT molecular complexity index is 556. The van der Waals surface area contributed by atoms with Crippen LogP contribution in [0.2, 0.25) is 0 Å². The van der Waals surface area contributed by atoms with Gasteiger partial charge in [0.2, 0.25) is 0 Å². The van der Waals surface area contributed by atoms with Gasteiger partial charge in [0.1, 0.15) is 4.99 Å². The smallest absolute Gasteiger partial charge is 0.179 e. The first kappa shape index (κ1) is 17.1. The van der Waals surface area contributed by atoms with E-state index in [1.807, 2.05) is 11.9 Å². The second-order valence-corrected chi connectivity index (χ2v) is 7.42. The molecule has 0 unspecified atom stereocenters. The molecule has 0 spiro atoms. The summed E-state index contributed by atoms with van der Waals surface area (Å²) in [5, 5.41) is 0. The maximum Gasteiger partial charge on any atom is 0.179 e. The van der Waals surface area contributed by atoms with E-state index in [0.29, 0.717) is 12.1 Å². The lowest BCUT2D eigenvalue weighted by Gasteiger charge is -2.16. The monoisotopic (exact) mass is 314 g/mol. The second-order valence-electron chi connectivity index (χ2n) is 4.87. The fourth-order valence-corrected chi connectivity index (χ4v) is 3.28. The summed E-state index contributed by atoms with van der Waals surface area (Å²) in [7, 11) is -1.35. The van der Waals surface area contributed by atoms with Gasteiger partial charge >= 0.3 is 0 Å². The van der Waals surface area contributed by atoms with Crippen LogP contribution in [-0.2, 0) is 9.84 Å².